The van der Waals surface area contributed by atoms with Crippen LogP contribution < -0.4 is 5.32 Å². The Balaban J connectivity index is 1.48. The van der Waals surface area contributed by atoms with Crippen LogP contribution in [0.3, 0.4) is 0 Å². The van der Waals surface area contributed by atoms with Crippen LogP contribution in [-0.2, 0) is 9.47 Å². The van der Waals surface area contributed by atoms with Crippen LogP contribution in [0.25, 0.3) is 0 Å². The molecule has 0 aromatic rings. The molecule has 0 amide bonds. The molecule has 20 heavy (non-hydrogen) atoms. The van der Waals surface area contributed by atoms with Crippen molar-refractivity contribution in [2.45, 2.75) is 50.7 Å². The lowest BCUT2D eigenvalue weighted by Crippen LogP contribution is -2.51. The van der Waals surface area contributed by atoms with E-state index in [9.17, 15) is 0 Å². The lowest BCUT2D eigenvalue weighted by atomic mass is 9.87. The van der Waals surface area contributed by atoms with Gasteiger partial charge in [0.15, 0.2) is 0 Å². The van der Waals surface area contributed by atoms with E-state index in [0.717, 1.165) is 44.7 Å². The van der Waals surface area contributed by atoms with Gasteiger partial charge in [-0.3, -0.25) is 0 Å². The Labute approximate surface area is 123 Å². The molecule has 3 rings (SSSR count). The molecule has 0 aromatic heterocycles. The molecule has 2 unspecified atom stereocenters. The third kappa shape index (κ3) is 3.35. The third-order valence-electron chi connectivity index (χ3n) is 5.38. The molecule has 4 heteroatoms. The molecule has 3 heterocycles. The summed E-state index contributed by atoms with van der Waals surface area (Å²) < 4.78 is 11.6. The standard InChI is InChI=1S/C16H30N2O2/c1-2-17-12-14-3-7-18(8-4-14)15-5-9-20-16(11-15)6-10-19-13-16/h14-15,17H,2-13H2,1H3. The molecule has 0 saturated carbocycles. The largest absolute Gasteiger partial charge is 0.378 e. The van der Waals surface area contributed by atoms with Crippen molar-refractivity contribution in [1.82, 2.24) is 10.2 Å². The van der Waals surface area contributed by atoms with Gasteiger partial charge in [0, 0.05) is 25.7 Å². The van der Waals surface area contributed by atoms with Gasteiger partial charge in [0.1, 0.15) is 0 Å². The van der Waals surface area contributed by atoms with Crippen molar-refractivity contribution in [3.05, 3.63) is 0 Å². The van der Waals surface area contributed by atoms with Crippen molar-refractivity contribution in [2.75, 3.05) is 46.0 Å². The Morgan fingerprint density at radius 2 is 2.05 bits per heavy atom. The number of ether oxygens (including phenoxy) is 2. The molecule has 3 saturated heterocycles. The van der Waals surface area contributed by atoms with Crippen LogP contribution in [0.15, 0.2) is 0 Å². The second kappa shape index (κ2) is 6.73. The number of piperidine rings is 1. The summed E-state index contributed by atoms with van der Waals surface area (Å²) in [5.74, 6) is 0.884. The molecule has 3 aliphatic rings. The Bertz CT molecular complexity index is 297. The van der Waals surface area contributed by atoms with Gasteiger partial charge in [-0.2, -0.15) is 0 Å². The smallest absolute Gasteiger partial charge is 0.0951 e. The fourth-order valence-corrected chi connectivity index (χ4v) is 4.05. The van der Waals surface area contributed by atoms with Crippen molar-refractivity contribution >= 4 is 0 Å². The fraction of sp³-hybridized carbons (Fsp3) is 1.00. The van der Waals surface area contributed by atoms with Crippen molar-refractivity contribution in [3.8, 4) is 0 Å². The van der Waals surface area contributed by atoms with E-state index < -0.39 is 0 Å². The molecule has 4 nitrogen and oxygen atoms in total. The van der Waals surface area contributed by atoms with E-state index in [1.165, 1.54) is 45.3 Å². The lowest BCUT2D eigenvalue weighted by Gasteiger charge is -2.44. The lowest BCUT2D eigenvalue weighted by molar-refractivity contribution is -0.109. The number of likely N-dealkylation sites (tertiary alicyclic amines) is 1. The average Bonchev–Trinajstić information content (AvgIpc) is 2.93. The first kappa shape index (κ1) is 14.8. The molecule has 1 spiro atoms. The number of hydrogen-bond donors (Lipinski definition) is 1. The maximum atomic E-state index is 6.06. The molecule has 116 valence electrons. The number of nitrogens with one attached hydrogen (secondary N) is 1. The highest BCUT2D eigenvalue weighted by Gasteiger charge is 2.42. The molecule has 1 N–H and O–H groups in total. The van der Waals surface area contributed by atoms with Gasteiger partial charge in [0.2, 0.25) is 0 Å². The molecule has 0 aromatic carbocycles. The van der Waals surface area contributed by atoms with Crippen LogP contribution in [0, 0.1) is 5.92 Å². The number of hydrogen-bond acceptors (Lipinski definition) is 4. The molecule has 0 bridgehead atoms. The summed E-state index contributed by atoms with van der Waals surface area (Å²) in [6.07, 6.45) is 6.20. The van der Waals surface area contributed by atoms with Crippen LogP contribution in [0.5, 0.6) is 0 Å². The topological polar surface area (TPSA) is 33.7 Å². The highest BCUT2D eigenvalue weighted by molar-refractivity contribution is 4.94. The summed E-state index contributed by atoms with van der Waals surface area (Å²) in [7, 11) is 0. The van der Waals surface area contributed by atoms with E-state index in [4.69, 9.17) is 9.47 Å². The van der Waals surface area contributed by atoms with Crippen molar-refractivity contribution in [1.29, 1.82) is 0 Å². The second-order valence-corrected chi connectivity index (χ2v) is 6.77. The van der Waals surface area contributed by atoms with Gasteiger partial charge in [0.05, 0.1) is 12.2 Å². The van der Waals surface area contributed by atoms with Crippen LogP contribution >= 0.6 is 0 Å². The first-order valence-corrected chi connectivity index (χ1v) is 8.48. The zero-order valence-electron chi connectivity index (χ0n) is 12.9. The normalized spacial score (nSPS) is 36.8. The third-order valence-corrected chi connectivity index (χ3v) is 5.38. The summed E-state index contributed by atoms with van der Waals surface area (Å²) in [6.45, 7) is 9.68. The van der Waals surface area contributed by atoms with Gasteiger partial charge in [-0.1, -0.05) is 6.92 Å². The molecule has 2 atom stereocenters. The number of rotatable bonds is 4. The maximum absolute atomic E-state index is 6.06. The molecule has 0 radical (unpaired) electrons. The van der Waals surface area contributed by atoms with E-state index in [2.05, 4.69) is 17.1 Å². The van der Waals surface area contributed by atoms with Gasteiger partial charge < -0.3 is 19.7 Å². The highest BCUT2D eigenvalue weighted by Crippen LogP contribution is 2.35. The van der Waals surface area contributed by atoms with Crippen molar-refractivity contribution in [3.63, 3.8) is 0 Å². The SMILES string of the molecule is CCNCC1CCN(C2CCOC3(CCOC3)C2)CC1. The van der Waals surface area contributed by atoms with Gasteiger partial charge >= 0.3 is 0 Å². The Kier molecular flexibility index (Phi) is 4.97. The monoisotopic (exact) mass is 282 g/mol. The van der Waals surface area contributed by atoms with E-state index in [-0.39, 0.29) is 5.60 Å². The molecular weight excluding hydrogens is 252 g/mol. The molecule has 3 fully saturated rings. The Morgan fingerprint density at radius 1 is 1.20 bits per heavy atom. The number of nitrogens with zero attached hydrogens (tertiary/aromatic N) is 1. The maximum Gasteiger partial charge on any atom is 0.0951 e. The minimum absolute atomic E-state index is 0.0591. The van der Waals surface area contributed by atoms with Gasteiger partial charge in [-0.25, -0.2) is 0 Å². The quantitative estimate of drug-likeness (QED) is 0.850. The highest BCUT2D eigenvalue weighted by atomic mass is 16.6. The van der Waals surface area contributed by atoms with Crippen LogP contribution in [0.1, 0.15) is 39.0 Å². The fourth-order valence-electron chi connectivity index (χ4n) is 4.05. The first-order chi connectivity index (χ1) is 9.81. The van der Waals surface area contributed by atoms with Gasteiger partial charge in [-0.15, -0.1) is 0 Å². The molecular formula is C16H30N2O2. The summed E-state index contributed by atoms with van der Waals surface area (Å²) in [5.41, 5.74) is 0.0591. The van der Waals surface area contributed by atoms with Crippen molar-refractivity contribution in [2.24, 2.45) is 5.92 Å². The van der Waals surface area contributed by atoms with Gasteiger partial charge in [-0.05, 0) is 57.8 Å². The van der Waals surface area contributed by atoms with E-state index in [1.807, 2.05) is 0 Å². The summed E-state index contributed by atoms with van der Waals surface area (Å²) in [4.78, 5) is 2.73. The zero-order valence-corrected chi connectivity index (χ0v) is 12.9. The zero-order chi connectivity index (χ0) is 13.8. The summed E-state index contributed by atoms with van der Waals surface area (Å²) in [5, 5.41) is 3.50. The second-order valence-electron chi connectivity index (χ2n) is 6.77. The Hall–Kier alpha value is -0.160. The minimum Gasteiger partial charge on any atom is -0.378 e. The van der Waals surface area contributed by atoms with Crippen LogP contribution in [0.2, 0.25) is 0 Å². The van der Waals surface area contributed by atoms with Crippen LogP contribution in [-0.4, -0.2) is 62.5 Å². The van der Waals surface area contributed by atoms with Crippen molar-refractivity contribution < 1.29 is 9.47 Å². The minimum atomic E-state index is 0.0591. The van der Waals surface area contributed by atoms with E-state index in [0.29, 0.717) is 0 Å². The van der Waals surface area contributed by atoms with E-state index in [1.54, 1.807) is 0 Å². The van der Waals surface area contributed by atoms with Gasteiger partial charge in [0.25, 0.3) is 0 Å². The molecule has 0 aliphatic carbocycles. The molecule has 3 aliphatic heterocycles. The Morgan fingerprint density at radius 3 is 2.75 bits per heavy atom. The average molecular weight is 282 g/mol. The first-order valence-electron chi connectivity index (χ1n) is 8.48. The van der Waals surface area contributed by atoms with E-state index >= 15 is 0 Å². The summed E-state index contributed by atoms with van der Waals surface area (Å²) in [6, 6.07) is 0.727. The summed E-state index contributed by atoms with van der Waals surface area (Å²) >= 11 is 0. The predicted molar refractivity (Wildman–Crippen MR) is 80.0 cm³/mol. The predicted octanol–water partition coefficient (Wildman–Crippen LogP) is 1.65. The van der Waals surface area contributed by atoms with Crippen LogP contribution in [0.4, 0.5) is 0 Å².